The van der Waals surface area contributed by atoms with Gasteiger partial charge in [0.1, 0.15) is 12.4 Å². The zero-order chi connectivity index (χ0) is 14.5. The second-order valence-corrected chi connectivity index (χ2v) is 5.42. The number of ether oxygens (including phenoxy) is 1. The second kappa shape index (κ2) is 6.98. The number of benzene rings is 2. The van der Waals surface area contributed by atoms with Crippen molar-refractivity contribution in [1.29, 1.82) is 0 Å². The maximum absolute atomic E-state index is 6.14. The average molecular weight is 310 g/mol. The van der Waals surface area contributed by atoms with E-state index < -0.39 is 0 Å². The highest BCUT2D eigenvalue weighted by Crippen LogP contribution is 2.27. The molecule has 2 nitrogen and oxygen atoms in total. The first-order valence-corrected chi connectivity index (χ1v) is 7.20. The fraction of sp³-hybridized carbons (Fsp3) is 0.250. The van der Waals surface area contributed by atoms with Gasteiger partial charge in [-0.2, -0.15) is 0 Å². The van der Waals surface area contributed by atoms with Crippen molar-refractivity contribution in [3.05, 3.63) is 63.6 Å². The van der Waals surface area contributed by atoms with Gasteiger partial charge in [-0.25, -0.2) is 0 Å². The van der Waals surface area contributed by atoms with Crippen molar-refractivity contribution in [1.82, 2.24) is 5.32 Å². The first-order chi connectivity index (χ1) is 9.61. The standard InChI is InChI=1S/C16H17Cl2NO/c1-11(19-2)14-5-3-4-6-16(14)20-10-12-9-13(17)7-8-15(12)18/h3-9,11,19H,10H2,1-2H3. The maximum Gasteiger partial charge on any atom is 0.124 e. The predicted octanol–water partition coefficient (Wildman–Crippen LogP) is 4.85. The largest absolute Gasteiger partial charge is 0.489 e. The molecule has 1 N–H and O–H groups in total. The van der Waals surface area contributed by atoms with Crippen molar-refractivity contribution in [3.63, 3.8) is 0 Å². The summed E-state index contributed by atoms with van der Waals surface area (Å²) in [6.45, 7) is 2.49. The minimum atomic E-state index is 0.223. The summed E-state index contributed by atoms with van der Waals surface area (Å²) in [5, 5.41) is 4.53. The van der Waals surface area contributed by atoms with Crippen LogP contribution in [-0.2, 0) is 6.61 Å². The van der Waals surface area contributed by atoms with Crippen molar-refractivity contribution in [2.45, 2.75) is 19.6 Å². The monoisotopic (exact) mass is 309 g/mol. The van der Waals surface area contributed by atoms with E-state index in [0.717, 1.165) is 16.9 Å². The van der Waals surface area contributed by atoms with E-state index >= 15 is 0 Å². The molecule has 0 fully saturated rings. The van der Waals surface area contributed by atoms with Gasteiger partial charge in [0.25, 0.3) is 0 Å². The molecule has 0 aromatic heterocycles. The Bertz CT molecular complexity index is 586. The summed E-state index contributed by atoms with van der Waals surface area (Å²) in [6, 6.07) is 13.6. The molecule has 0 amide bonds. The van der Waals surface area contributed by atoms with E-state index in [9.17, 15) is 0 Å². The molecule has 4 heteroatoms. The molecule has 1 atom stereocenters. The lowest BCUT2D eigenvalue weighted by molar-refractivity contribution is 0.300. The van der Waals surface area contributed by atoms with E-state index in [1.165, 1.54) is 0 Å². The Labute approximate surface area is 129 Å². The van der Waals surface area contributed by atoms with Gasteiger partial charge in [0, 0.05) is 27.2 Å². The normalized spacial score (nSPS) is 12.2. The fourth-order valence-corrected chi connectivity index (χ4v) is 2.30. The number of hydrogen-bond donors (Lipinski definition) is 1. The van der Waals surface area contributed by atoms with Crippen LogP contribution in [0.3, 0.4) is 0 Å². The van der Waals surface area contributed by atoms with Crippen LogP contribution in [0.4, 0.5) is 0 Å². The first kappa shape index (κ1) is 15.2. The molecule has 0 saturated carbocycles. The van der Waals surface area contributed by atoms with Crippen molar-refractivity contribution in [3.8, 4) is 5.75 Å². The summed E-state index contributed by atoms with van der Waals surface area (Å²) in [7, 11) is 1.93. The summed E-state index contributed by atoms with van der Waals surface area (Å²) in [5.41, 5.74) is 2.00. The molecule has 0 spiro atoms. The van der Waals surface area contributed by atoms with Crippen molar-refractivity contribution >= 4 is 23.2 Å². The van der Waals surface area contributed by atoms with Gasteiger partial charge in [-0.1, -0.05) is 41.4 Å². The van der Waals surface area contributed by atoms with Gasteiger partial charge in [0.2, 0.25) is 0 Å². The highest BCUT2D eigenvalue weighted by atomic mass is 35.5. The van der Waals surface area contributed by atoms with Crippen LogP contribution in [0.15, 0.2) is 42.5 Å². The lowest BCUT2D eigenvalue weighted by atomic mass is 10.1. The van der Waals surface area contributed by atoms with Crippen molar-refractivity contribution < 1.29 is 4.74 Å². The molecule has 2 rings (SSSR count). The smallest absolute Gasteiger partial charge is 0.124 e. The van der Waals surface area contributed by atoms with E-state index in [2.05, 4.69) is 18.3 Å². The highest BCUT2D eigenvalue weighted by molar-refractivity contribution is 6.33. The Balaban J connectivity index is 2.17. The zero-order valence-corrected chi connectivity index (χ0v) is 13.0. The SMILES string of the molecule is CNC(C)c1ccccc1OCc1cc(Cl)ccc1Cl. The second-order valence-electron chi connectivity index (χ2n) is 4.57. The third-order valence-corrected chi connectivity index (χ3v) is 3.81. The molecular weight excluding hydrogens is 293 g/mol. The molecule has 20 heavy (non-hydrogen) atoms. The van der Waals surface area contributed by atoms with Crippen LogP contribution in [-0.4, -0.2) is 7.05 Å². The molecule has 0 saturated heterocycles. The van der Waals surface area contributed by atoms with Gasteiger partial charge in [-0.15, -0.1) is 0 Å². The topological polar surface area (TPSA) is 21.3 Å². The Morgan fingerprint density at radius 3 is 2.65 bits per heavy atom. The van der Waals surface area contributed by atoms with Gasteiger partial charge in [-0.3, -0.25) is 0 Å². The summed E-state index contributed by atoms with van der Waals surface area (Å²) < 4.78 is 5.90. The molecule has 106 valence electrons. The summed E-state index contributed by atoms with van der Waals surface area (Å²) in [6.07, 6.45) is 0. The van der Waals surface area contributed by atoms with E-state index in [4.69, 9.17) is 27.9 Å². The van der Waals surface area contributed by atoms with Crippen molar-refractivity contribution in [2.24, 2.45) is 0 Å². The molecule has 0 aliphatic heterocycles. The maximum atomic E-state index is 6.14. The number of hydrogen-bond acceptors (Lipinski definition) is 2. The molecule has 0 heterocycles. The van der Waals surface area contributed by atoms with E-state index in [0.29, 0.717) is 16.7 Å². The van der Waals surface area contributed by atoms with E-state index in [1.54, 1.807) is 12.1 Å². The predicted molar refractivity (Wildman–Crippen MR) is 84.7 cm³/mol. The summed E-state index contributed by atoms with van der Waals surface area (Å²) in [5.74, 6) is 0.852. The van der Waals surface area contributed by atoms with E-state index in [1.807, 2.05) is 31.3 Å². The van der Waals surface area contributed by atoms with Crippen LogP contribution >= 0.6 is 23.2 Å². The van der Waals surface area contributed by atoms with Crippen LogP contribution in [0.2, 0.25) is 10.0 Å². The Kier molecular flexibility index (Phi) is 5.30. The highest BCUT2D eigenvalue weighted by Gasteiger charge is 2.10. The molecule has 0 radical (unpaired) electrons. The minimum Gasteiger partial charge on any atom is -0.489 e. The van der Waals surface area contributed by atoms with Gasteiger partial charge in [-0.05, 0) is 38.2 Å². The van der Waals surface area contributed by atoms with Crippen LogP contribution < -0.4 is 10.1 Å². The third-order valence-electron chi connectivity index (χ3n) is 3.21. The summed E-state index contributed by atoms with van der Waals surface area (Å²) in [4.78, 5) is 0. The first-order valence-electron chi connectivity index (χ1n) is 6.44. The molecule has 2 aromatic carbocycles. The summed E-state index contributed by atoms with van der Waals surface area (Å²) >= 11 is 12.1. The average Bonchev–Trinajstić information content (AvgIpc) is 2.47. The molecular formula is C16H17Cl2NO. The quantitative estimate of drug-likeness (QED) is 0.852. The molecule has 2 aromatic rings. The third kappa shape index (κ3) is 3.66. The molecule has 0 aliphatic rings. The number of rotatable bonds is 5. The Morgan fingerprint density at radius 1 is 1.15 bits per heavy atom. The fourth-order valence-electron chi connectivity index (χ4n) is 1.93. The van der Waals surface area contributed by atoms with Crippen LogP contribution in [0.5, 0.6) is 5.75 Å². The van der Waals surface area contributed by atoms with Crippen molar-refractivity contribution in [2.75, 3.05) is 7.05 Å². The molecule has 1 unspecified atom stereocenters. The van der Waals surface area contributed by atoms with Crippen LogP contribution in [0, 0.1) is 0 Å². The van der Waals surface area contributed by atoms with Gasteiger partial charge < -0.3 is 10.1 Å². The number of halogens is 2. The van der Waals surface area contributed by atoms with Crippen LogP contribution in [0.1, 0.15) is 24.1 Å². The van der Waals surface area contributed by atoms with Gasteiger partial charge in [0.15, 0.2) is 0 Å². The van der Waals surface area contributed by atoms with Crippen LogP contribution in [0.25, 0.3) is 0 Å². The van der Waals surface area contributed by atoms with E-state index in [-0.39, 0.29) is 6.04 Å². The lowest BCUT2D eigenvalue weighted by Crippen LogP contribution is -2.13. The van der Waals surface area contributed by atoms with Gasteiger partial charge in [0.05, 0.1) is 0 Å². The number of para-hydroxylation sites is 1. The minimum absolute atomic E-state index is 0.223. The molecule has 0 aliphatic carbocycles. The molecule has 0 bridgehead atoms. The number of nitrogens with one attached hydrogen (secondary N) is 1. The lowest BCUT2D eigenvalue weighted by Gasteiger charge is -2.16. The van der Waals surface area contributed by atoms with Gasteiger partial charge >= 0.3 is 0 Å². The zero-order valence-electron chi connectivity index (χ0n) is 11.5. The Morgan fingerprint density at radius 2 is 1.90 bits per heavy atom. The Hall–Kier alpha value is -1.22.